The van der Waals surface area contributed by atoms with Crippen molar-refractivity contribution in [2.24, 2.45) is 10.7 Å². The molecule has 0 unspecified atom stereocenters. The number of nitrogens with zero attached hydrogens (tertiary/aromatic N) is 1. The Balaban J connectivity index is 2.68. The van der Waals surface area contributed by atoms with Crippen molar-refractivity contribution in [1.29, 1.82) is 0 Å². The third-order valence-corrected chi connectivity index (χ3v) is 2.02. The Morgan fingerprint density at radius 2 is 2.08 bits per heavy atom. The van der Waals surface area contributed by atoms with Gasteiger partial charge in [-0.3, -0.25) is 0 Å². The van der Waals surface area contributed by atoms with E-state index in [0.29, 0.717) is 5.84 Å². The molecule has 0 amide bonds. The highest BCUT2D eigenvalue weighted by Crippen LogP contribution is 2.26. The molecule has 1 aliphatic rings. The molecule has 1 aliphatic heterocycles. The smallest absolute Gasteiger partial charge is 0.132 e. The summed E-state index contributed by atoms with van der Waals surface area (Å²) in [7, 11) is 0. The van der Waals surface area contributed by atoms with E-state index in [0.717, 1.165) is 16.8 Å². The van der Waals surface area contributed by atoms with E-state index < -0.39 is 0 Å². The quantitative estimate of drug-likeness (QED) is 0.613. The molecule has 2 heteroatoms. The van der Waals surface area contributed by atoms with Crippen LogP contribution in [0.1, 0.15) is 16.7 Å². The summed E-state index contributed by atoms with van der Waals surface area (Å²) in [6, 6.07) is 6.07. The van der Waals surface area contributed by atoms with E-state index in [4.69, 9.17) is 5.73 Å². The van der Waals surface area contributed by atoms with Gasteiger partial charge in [0.25, 0.3) is 0 Å². The third-order valence-electron chi connectivity index (χ3n) is 2.02. The Morgan fingerprint density at radius 1 is 1.33 bits per heavy atom. The Kier molecular flexibility index (Phi) is 1.30. The molecule has 0 radical (unpaired) electrons. The number of aliphatic imine (C=N–C) groups is 1. The summed E-state index contributed by atoms with van der Waals surface area (Å²) >= 11 is 0. The maximum absolute atomic E-state index is 5.68. The van der Waals surface area contributed by atoms with Crippen LogP contribution in [0.3, 0.4) is 0 Å². The van der Waals surface area contributed by atoms with Crippen molar-refractivity contribution in [2.75, 3.05) is 0 Å². The summed E-state index contributed by atoms with van der Waals surface area (Å²) in [4.78, 5) is 4.10. The molecule has 0 saturated carbocycles. The fourth-order valence-corrected chi connectivity index (χ4v) is 1.39. The lowest BCUT2D eigenvalue weighted by molar-refractivity contribution is 1.44. The van der Waals surface area contributed by atoms with Crippen LogP contribution >= 0.6 is 0 Å². The molecule has 0 spiro atoms. The van der Waals surface area contributed by atoms with Gasteiger partial charge >= 0.3 is 0 Å². The summed E-state index contributed by atoms with van der Waals surface area (Å²) < 4.78 is 0. The van der Waals surface area contributed by atoms with Crippen molar-refractivity contribution < 1.29 is 0 Å². The first-order valence-corrected chi connectivity index (χ1v) is 3.83. The topological polar surface area (TPSA) is 38.4 Å². The zero-order chi connectivity index (χ0) is 8.72. The van der Waals surface area contributed by atoms with Crippen molar-refractivity contribution >= 4 is 11.5 Å². The molecule has 60 valence electrons. The van der Waals surface area contributed by atoms with Crippen LogP contribution in [0.15, 0.2) is 29.8 Å². The van der Waals surface area contributed by atoms with Gasteiger partial charge in [-0.1, -0.05) is 24.3 Å². The van der Waals surface area contributed by atoms with E-state index in [1.54, 1.807) is 0 Å². The molecule has 2 N–H and O–H groups in total. The van der Waals surface area contributed by atoms with E-state index in [2.05, 4.69) is 17.6 Å². The summed E-state index contributed by atoms with van der Waals surface area (Å²) in [6.45, 7) is 5.86. The van der Waals surface area contributed by atoms with Gasteiger partial charge in [0.1, 0.15) is 5.84 Å². The van der Waals surface area contributed by atoms with Gasteiger partial charge in [0, 0.05) is 11.1 Å². The zero-order valence-electron chi connectivity index (χ0n) is 6.96. The van der Waals surface area contributed by atoms with Crippen molar-refractivity contribution in [1.82, 2.24) is 0 Å². The van der Waals surface area contributed by atoms with E-state index in [-0.39, 0.29) is 0 Å². The fraction of sp³-hybridized carbons (Fsp3) is 0.100. The minimum absolute atomic E-state index is 0.579. The molecule has 1 aromatic carbocycles. The second kappa shape index (κ2) is 2.21. The number of hydrogen-bond donors (Lipinski definition) is 1. The molecule has 1 aromatic rings. The van der Waals surface area contributed by atoms with Crippen LogP contribution in [0.4, 0.5) is 0 Å². The maximum atomic E-state index is 5.68. The predicted molar refractivity (Wildman–Crippen MR) is 50.9 cm³/mol. The van der Waals surface area contributed by atoms with Crippen LogP contribution in [0.5, 0.6) is 0 Å². The Bertz CT molecular complexity index is 389. The first kappa shape index (κ1) is 7.10. The zero-order valence-corrected chi connectivity index (χ0v) is 6.96. The monoisotopic (exact) mass is 158 g/mol. The number of fused-ring (bicyclic) bond motifs is 1. The highest BCUT2D eigenvalue weighted by atomic mass is 14.9. The van der Waals surface area contributed by atoms with Gasteiger partial charge in [0.15, 0.2) is 0 Å². The van der Waals surface area contributed by atoms with Gasteiger partial charge in [0.05, 0.1) is 5.70 Å². The van der Waals surface area contributed by atoms with Crippen LogP contribution in [-0.4, -0.2) is 5.84 Å². The minimum Gasteiger partial charge on any atom is -0.383 e. The number of rotatable bonds is 0. The van der Waals surface area contributed by atoms with Gasteiger partial charge in [-0.15, -0.1) is 0 Å². The predicted octanol–water partition coefficient (Wildman–Crippen LogP) is 1.68. The average molecular weight is 158 g/mol. The van der Waals surface area contributed by atoms with Crippen LogP contribution in [-0.2, 0) is 0 Å². The number of aryl methyl sites for hydroxylation is 1. The van der Waals surface area contributed by atoms with Crippen LogP contribution in [0.2, 0.25) is 0 Å². The van der Waals surface area contributed by atoms with Crippen molar-refractivity contribution in [2.45, 2.75) is 6.92 Å². The van der Waals surface area contributed by atoms with Gasteiger partial charge in [-0.05, 0) is 13.0 Å². The van der Waals surface area contributed by atoms with E-state index in [1.807, 2.05) is 19.1 Å². The van der Waals surface area contributed by atoms with Crippen molar-refractivity contribution in [3.8, 4) is 0 Å². The van der Waals surface area contributed by atoms with Gasteiger partial charge < -0.3 is 5.73 Å². The third kappa shape index (κ3) is 0.848. The molecule has 2 nitrogen and oxygen atoms in total. The largest absolute Gasteiger partial charge is 0.383 e. The normalized spacial score (nSPS) is 14.4. The van der Waals surface area contributed by atoms with Gasteiger partial charge in [-0.2, -0.15) is 0 Å². The molecule has 12 heavy (non-hydrogen) atoms. The highest BCUT2D eigenvalue weighted by Gasteiger charge is 2.15. The summed E-state index contributed by atoms with van der Waals surface area (Å²) in [5.74, 6) is 0.579. The maximum Gasteiger partial charge on any atom is 0.132 e. The average Bonchev–Trinajstić information content (AvgIpc) is 2.28. The molecule has 0 aliphatic carbocycles. The molecule has 0 bridgehead atoms. The standard InChI is InChI=1S/C10H10N2/c1-6-3-4-8-9(5-6)7(2)12-10(8)11/h3-5H,2H2,1H3,(H2,11,12). The SMILES string of the molecule is C=C1N=C(N)c2ccc(C)cc21. The number of benzene rings is 1. The summed E-state index contributed by atoms with van der Waals surface area (Å²) in [5.41, 5.74) is 9.72. The van der Waals surface area contributed by atoms with Gasteiger partial charge in [0.2, 0.25) is 0 Å². The van der Waals surface area contributed by atoms with E-state index >= 15 is 0 Å². The van der Waals surface area contributed by atoms with Crippen molar-refractivity contribution in [3.63, 3.8) is 0 Å². The summed E-state index contributed by atoms with van der Waals surface area (Å²) in [5, 5.41) is 0. The Labute approximate surface area is 71.4 Å². The number of nitrogens with two attached hydrogens (primary N) is 1. The molecular formula is C10H10N2. The Hall–Kier alpha value is -1.57. The highest BCUT2D eigenvalue weighted by molar-refractivity contribution is 6.08. The van der Waals surface area contributed by atoms with Crippen LogP contribution in [0.25, 0.3) is 5.70 Å². The van der Waals surface area contributed by atoms with E-state index in [1.165, 1.54) is 5.56 Å². The number of hydrogen-bond acceptors (Lipinski definition) is 2. The number of amidine groups is 1. The second-order valence-electron chi connectivity index (χ2n) is 2.99. The van der Waals surface area contributed by atoms with Crippen LogP contribution in [0, 0.1) is 6.92 Å². The molecule has 0 saturated heterocycles. The first-order chi connectivity index (χ1) is 5.68. The lowest BCUT2D eigenvalue weighted by Crippen LogP contribution is -2.10. The van der Waals surface area contributed by atoms with E-state index in [9.17, 15) is 0 Å². The lowest BCUT2D eigenvalue weighted by Gasteiger charge is -1.99. The Morgan fingerprint density at radius 3 is 2.83 bits per heavy atom. The van der Waals surface area contributed by atoms with Crippen LogP contribution < -0.4 is 5.73 Å². The molecule has 0 aromatic heterocycles. The molecule has 0 fully saturated rings. The minimum atomic E-state index is 0.579. The molecule has 1 heterocycles. The van der Waals surface area contributed by atoms with Gasteiger partial charge in [-0.25, -0.2) is 4.99 Å². The second-order valence-corrected chi connectivity index (χ2v) is 2.99. The van der Waals surface area contributed by atoms with Crippen molar-refractivity contribution in [3.05, 3.63) is 41.5 Å². The molecule has 0 atom stereocenters. The first-order valence-electron chi connectivity index (χ1n) is 3.83. The lowest BCUT2D eigenvalue weighted by atomic mass is 10.0. The molecular weight excluding hydrogens is 148 g/mol. The fourth-order valence-electron chi connectivity index (χ4n) is 1.39. The molecule has 2 rings (SSSR count). The summed E-state index contributed by atoms with van der Waals surface area (Å²) in [6.07, 6.45) is 0.